The number of carboxylic acids is 1. The molecular weight excluding hydrogens is 442 g/mol. The maximum atomic E-state index is 13.0. The third kappa shape index (κ3) is 11.3. The van der Waals surface area contributed by atoms with Crippen LogP contribution in [0.3, 0.4) is 0 Å². The Bertz CT molecular complexity index is 670. The van der Waals surface area contributed by atoms with Crippen LogP contribution in [0.1, 0.15) is 67.2 Å². The summed E-state index contributed by atoms with van der Waals surface area (Å²) in [6, 6.07) is -3.93. The highest BCUT2D eigenvalue weighted by atomic mass is 16.4. The second kappa shape index (κ2) is 15.6. The Balaban J connectivity index is 5.49. The molecule has 0 rings (SSSR count). The van der Waals surface area contributed by atoms with Crippen LogP contribution in [0.4, 0.5) is 0 Å². The van der Waals surface area contributed by atoms with Gasteiger partial charge in [-0.25, -0.2) is 4.79 Å². The van der Waals surface area contributed by atoms with Gasteiger partial charge in [0.1, 0.15) is 24.2 Å². The van der Waals surface area contributed by atoms with Gasteiger partial charge in [-0.3, -0.25) is 14.4 Å². The molecule has 0 fully saturated rings. The van der Waals surface area contributed by atoms with E-state index in [-0.39, 0.29) is 24.2 Å². The van der Waals surface area contributed by atoms with Crippen LogP contribution >= 0.6 is 0 Å². The monoisotopic (exact) mass is 487 g/mol. The summed E-state index contributed by atoms with van der Waals surface area (Å²) in [7, 11) is 0. The molecule has 0 aromatic carbocycles. The number of hydrogen-bond acceptors (Lipinski definition) is 7. The molecule has 11 heteroatoms. The van der Waals surface area contributed by atoms with E-state index >= 15 is 0 Å². The fraction of sp³-hybridized carbons (Fsp3) is 0.826. The van der Waals surface area contributed by atoms with Crippen molar-refractivity contribution in [1.82, 2.24) is 16.0 Å². The molecule has 0 aliphatic carbocycles. The Morgan fingerprint density at radius 2 is 1.32 bits per heavy atom. The average Bonchev–Trinajstić information content (AvgIpc) is 2.72. The number of aliphatic hydroxyl groups is 1. The number of rotatable bonds is 16. The number of amides is 3. The van der Waals surface area contributed by atoms with E-state index in [0.717, 1.165) is 0 Å². The molecule has 3 amide bonds. The molecule has 0 saturated heterocycles. The van der Waals surface area contributed by atoms with Gasteiger partial charge in [-0.15, -0.1) is 0 Å². The quantitative estimate of drug-likeness (QED) is 0.144. The van der Waals surface area contributed by atoms with E-state index in [4.69, 9.17) is 11.5 Å². The Kier molecular flexibility index (Phi) is 14.6. The summed E-state index contributed by atoms with van der Waals surface area (Å²) in [6.07, 6.45) is 0.346. The Morgan fingerprint density at radius 1 is 0.794 bits per heavy atom. The molecule has 5 unspecified atom stereocenters. The minimum absolute atomic E-state index is 0.173. The Hall–Kier alpha value is -2.24. The fourth-order valence-electron chi connectivity index (χ4n) is 3.43. The van der Waals surface area contributed by atoms with Gasteiger partial charge in [-0.05, 0) is 50.0 Å². The number of aliphatic hydroxyl groups excluding tert-OH is 1. The van der Waals surface area contributed by atoms with Gasteiger partial charge in [0.2, 0.25) is 11.8 Å². The molecule has 198 valence electrons. The second-order valence-electron chi connectivity index (χ2n) is 9.88. The first-order valence-corrected chi connectivity index (χ1v) is 12.0. The molecule has 0 radical (unpaired) electrons. The number of nitrogens with two attached hydrogens (primary N) is 2. The van der Waals surface area contributed by atoms with Gasteiger partial charge in [-0.1, -0.05) is 41.5 Å². The smallest absolute Gasteiger partial charge is 0.326 e. The van der Waals surface area contributed by atoms with E-state index in [0.29, 0.717) is 25.8 Å². The maximum absolute atomic E-state index is 13.0. The average molecular weight is 488 g/mol. The number of carbonyl (C=O) groups is 4. The molecule has 0 aliphatic rings. The molecule has 0 aromatic rings. The van der Waals surface area contributed by atoms with Gasteiger partial charge in [0, 0.05) is 6.04 Å². The summed E-state index contributed by atoms with van der Waals surface area (Å²) in [4.78, 5) is 49.9. The third-order valence-corrected chi connectivity index (χ3v) is 5.48. The minimum atomic E-state index is -1.49. The molecule has 0 heterocycles. The van der Waals surface area contributed by atoms with Crippen molar-refractivity contribution in [2.24, 2.45) is 29.2 Å². The lowest BCUT2D eigenvalue weighted by molar-refractivity contribution is -0.144. The van der Waals surface area contributed by atoms with Crippen LogP contribution in [0.5, 0.6) is 0 Å². The highest BCUT2D eigenvalue weighted by Gasteiger charge is 2.33. The first-order valence-electron chi connectivity index (χ1n) is 12.0. The molecule has 0 aromatic heterocycles. The summed E-state index contributed by atoms with van der Waals surface area (Å²) < 4.78 is 0. The van der Waals surface area contributed by atoms with E-state index in [1.807, 2.05) is 13.8 Å². The van der Waals surface area contributed by atoms with Crippen LogP contribution in [-0.4, -0.2) is 70.7 Å². The SMILES string of the molecule is CC(C)CC(N)C(O)C(=O)NC(CCCCN)C(=O)NC(C(=O)NC(C(=O)O)C(C)C)C(C)C. The Morgan fingerprint density at radius 3 is 1.76 bits per heavy atom. The predicted octanol–water partition coefficient (Wildman–Crippen LogP) is -0.299. The number of carbonyl (C=O) groups excluding carboxylic acids is 3. The molecule has 0 bridgehead atoms. The van der Waals surface area contributed by atoms with Crippen molar-refractivity contribution in [2.45, 2.75) is 97.5 Å². The molecule has 9 N–H and O–H groups in total. The lowest BCUT2D eigenvalue weighted by atomic mass is 9.98. The number of carboxylic acid groups (broad SMARTS) is 1. The largest absolute Gasteiger partial charge is 0.480 e. The van der Waals surface area contributed by atoms with Gasteiger partial charge in [0.25, 0.3) is 5.91 Å². The summed E-state index contributed by atoms with van der Waals surface area (Å²) >= 11 is 0. The molecule has 11 nitrogen and oxygen atoms in total. The van der Waals surface area contributed by atoms with Crippen LogP contribution in [-0.2, 0) is 19.2 Å². The van der Waals surface area contributed by atoms with E-state index in [1.165, 1.54) is 0 Å². The van der Waals surface area contributed by atoms with E-state index in [2.05, 4.69) is 16.0 Å². The normalized spacial score (nSPS) is 16.0. The highest BCUT2D eigenvalue weighted by molar-refractivity contribution is 5.94. The van der Waals surface area contributed by atoms with Crippen LogP contribution in [0.2, 0.25) is 0 Å². The van der Waals surface area contributed by atoms with Gasteiger partial charge in [0.05, 0.1) is 0 Å². The van der Waals surface area contributed by atoms with E-state index in [9.17, 15) is 29.4 Å². The first kappa shape index (κ1) is 31.8. The molecule has 34 heavy (non-hydrogen) atoms. The summed E-state index contributed by atoms with van der Waals surface area (Å²) in [6.45, 7) is 11.0. The predicted molar refractivity (Wildman–Crippen MR) is 129 cm³/mol. The zero-order chi connectivity index (χ0) is 26.6. The van der Waals surface area contributed by atoms with Crippen molar-refractivity contribution in [2.75, 3.05) is 6.54 Å². The van der Waals surface area contributed by atoms with Crippen molar-refractivity contribution in [3.05, 3.63) is 0 Å². The first-order chi connectivity index (χ1) is 15.7. The minimum Gasteiger partial charge on any atom is -0.480 e. The van der Waals surface area contributed by atoms with E-state index in [1.54, 1.807) is 27.7 Å². The fourth-order valence-corrected chi connectivity index (χ4v) is 3.43. The van der Waals surface area contributed by atoms with E-state index < -0.39 is 54.0 Å². The van der Waals surface area contributed by atoms with Gasteiger partial charge in [0.15, 0.2) is 0 Å². The zero-order valence-corrected chi connectivity index (χ0v) is 21.3. The number of hydrogen-bond donors (Lipinski definition) is 7. The van der Waals surface area contributed by atoms with Crippen LogP contribution in [0.15, 0.2) is 0 Å². The lowest BCUT2D eigenvalue weighted by Gasteiger charge is -2.28. The van der Waals surface area contributed by atoms with Crippen molar-refractivity contribution in [3.8, 4) is 0 Å². The Labute approximate surface area is 202 Å². The van der Waals surface area contributed by atoms with Crippen molar-refractivity contribution in [3.63, 3.8) is 0 Å². The topological polar surface area (TPSA) is 197 Å². The molecule has 0 spiro atoms. The second-order valence-corrected chi connectivity index (χ2v) is 9.88. The molecular formula is C23H45N5O6. The standard InChI is InChI=1S/C23H45N5O6/c1-12(2)11-15(25)19(29)22(32)26-16(9-7-8-10-24)20(30)27-17(13(3)4)21(31)28-18(14(5)6)23(33)34/h12-19,29H,7-11,24-25H2,1-6H3,(H,26,32)(H,27,30)(H,28,31)(H,33,34). The maximum Gasteiger partial charge on any atom is 0.326 e. The summed E-state index contributed by atoms with van der Waals surface area (Å²) in [5.41, 5.74) is 11.5. The number of aliphatic carboxylic acids is 1. The summed E-state index contributed by atoms with van der Waals surface area (Å²) in [5, 5.41) is 27.3. The van der Waals surface area contributed by atoms with Crippen molar-refractivity contribution >= 4 is 23.7 Å². The van der Waals surface area contributed by atoms with Crippen LogP contribution < -0.4 is 27.4 Å². The van der Waals surface area contributed by atoms with Crippen LogP contribution in [0, 0.1) is 17.8 Å². The van der Waals surface area contributed by atoms with Gasteiger partial charge >= 0.3 is 5.97 Å². The van der Waals surface area contributed by atoms with Crippen molar-refractivity contribution < 1.29 is 29.4 Å². The molecule has 5 atom stereocenters. The highest BCUT2D eigenvalue weighted by Crippen LogP contribution is 2.10. The number of unbranched alkanes of at least 4 members (excludes halogenated alkanes) is 1. The summed E-state index contributed by atoms with van der Waals surface area (Å²) in [5.74, 6) is -3.71. The third-order valence-electron chi connectivity index (χ3n) is 5.48. The lowest BCUT2D eigenvalue weighted by Crippen LogP contribution is -2.59. The molecule has 0 saturated carbocycles. The number of nitrogens with one attached hydrogen (secondary N) is 3. The van der Waals surface area contributed by atoms with Gasteiger partial charge < -0.3 is 37.6 Å². The molecule has 0 aliphatic heterocycles. The van der Waals surface area contributed by atoms with Gasteiger partial charge in [-0.2, -0.15) is 0 Å². The zero-order valence-electron chi connectivity index (χ0n) is 21.3. The van der Waals surface area contributed by atoms with Crippen LogP contribution in [0.25, 0.3) is 0 Å². The van der Waals surface area contributed by atoms with Crippen molar-refractivity contribution in [1.29, 1.82) is 0 Å².